The highest BCUT2D eigenvalue weighted by Crippen LogP contribution is 2.16. The van der Waals surface area contributed by atoms with Crippen LogP contribution in [0.25, 0.3) is 0 Å². The summed E-state index contributed by atoms with van der Waals surface area (Å²) >= 11 is 0. The van der Waals surface area contributed by atoms with Gasteiger partial charge >= 0.3 is 0 Å². The van der Waals surface area contributed by atoms with E-state index in [2.05, 4.69) is 6.92 Å². The van der Waals surface area contributed by atoms with E-state index in [1.165, 1.54) is 25.7 Å². The SMILES string of the molecule is CCCCCCCOc1ccc(C(=O)C(C)(C)N)cc1. The standard InChI is InChI=1S/C17H27NO2/c1-4-5-6-7-8-13-20-15-11-9-14(10-12-15)16(19)17(2,3)18/h9-12H,4-8,13,18H2,1-3H3. The molecule has 1 aromatic rings. The number of carbonyl (C=O) groups is 1. The molecule has 0 bridgehead atoms. The lowest BCUT2D eigenvalue weighted by Crippen LogP contribution is -2.41. The van der Waals surface area contributed by atoms with Gasteiger partial charge in [-0.3, -0.25) is 4.79 Å². The number of ketones is 1. The van der Waals surface area contributed by atoms with Crippen LogP contribution in [0.3, 0.4) is 0 Å². The number of Topliss-reactive ketones (excluding diaryl/α,β-unsaturated/α-hetero) is 1. The summed E-state index contributed by atoms with van der Waals surface area (Å²) in [5.41, 5.74) is 5.61. The summed E-state index contributed by atoms with van der Waals surface area (Å²) in [5.74, 6) is 0.760. The highest BCUT2D eigenvalue weighted by atomic mass is 16.5. The van der Waals surface area contributed by atoms with Crippen molar-refractivity contribution >= 4 is 5.78 Å². The number of benzene rings is 1. The molecular formula is C17H27NO2. The first-order chi connectivity index (χ1) is 9.45. The average molecular weight is 277 g/mol. The van der Waals surface area contributed by atoms with Crippen LogP contribution in [0.4, 0.5) is 0 Å². The molecule has 1 rings (SSSR count). The topological polar surface area (TPSA) is 52.3 Å². The molecule has 0 saturated heterocycles. The molecule has 0 heterocycles. The van der Waals surface area contributed by atoms with Gasteiger partial charge in [-0.1, -0.05) is 32.6 Å². The van der Waals surface area contributed by atoms with Gasteiger partial charge in [0.15, 0.2) is 5.78 Å². The molecule has 0 radical (unpaired) electrons. The van der Waals surface area contributed by atoms with Crippen molar-refractivity contribution in [2.24, 2.45) is 5.73 Å². The van der Waals surface area contributed by atoms with Crippen molar-refractivity contribution in [3.05, 3.63) is 29.8 Å². The van der Waals surface area contributed by atoms with Crippen LogP contribution in [0.2, 0.25) is 0 Å². The van der Waals surface area contributed by atoms with Gasteiger partial charge in [0, 0.05) is 5.56 Å². The zero-order valence-electron chi connectivity index (χ0n) is 12.9. The molecule has 2 N–H and O–H groups in total. The Hall–Kier alpha value is -1.35. The summed E-state index contributed by atoms with van der Waals surface area (Å²) in [6.07, 6.45) is 6.13. The van der Waals surface area contributed by atoms with Gasteiger partial charge in [-0.25, -0.2) is 0 Å². The van der Waals surface area contributed by atoms with Gasteiger partial charge in [-0.2, -0.15) is 0 Å². The van der Waals surface area contributed by atoms with E-state index in [-0.39, 0.29) is 5.78 Å². The van der Waals surface area contributed by atoms with Gasteiger partial charge in [0.2, 0.25) is 0 Å². The van der Waals surface area contributed by atoms with E-state index in [1.807, 2.05) is 12.1 Å². The van der Waals surface area contributed by atoms with Gasteiger partial charge in [0.25, 0.3) is 0 Å². The smallest absolute Gasteiger partial charge is 0.182 e. The fourth-order valence-corrected chi connectivity index (χ4v) is 1.97. The first-order valence-corrected chi connectivity index (χ1v) is 7.51. The van der Waals surface area contributed by atoms with Gasteiger partial charge in [-0.05, 0) is 44.5 Å². The van der Waals surface area contributed by atoms with Crippen molar-refractivity contribution in [2.45, 2.75) is 58.4 Å². The van der Waals surface area contributed by atoms with E-state index in [1.54, 1.807) is 26.0 Å². The summed E-state index contributed by atoms with van der Waals surface area (Å²) in [6.45, 7) is 6.38. The minimum Gasteiger partial charge on any atom is -0.494 e. The van der Waals surface area contributed by atoms with Crippen molar-refractivity contribution in [3.63, 3.8) is 0 Å². The van der Waals surface area contributed by atoms with Crippen molar-refractivity contribution in [2.75, 3.05) is 6.61 Å². The molecule has 3 nitrogen and oxygen atoms in total. The molecular weight excluding hydrogens is 250 g/mol. The van der Waals surface area contributed by atoms with Crippen LogP contribution in [0.1, 0.15) is 63.2 Å². The number of nitrogens with two attached hydrogens (primary N) is 1. The quantitative estimate of drug-likeness (QED) is 0.549. The van der Waals surface area contributed by atoms with Gasteiger partial charge in [0.1, 0.15) is 5.75 Å². The Balaban J connectivity index is 2.38. The lowest BCUT2D eigenvalue weighted by molar-refractivity contribution is 0.0913. The molecule has 1 aromatic carbocycles. The zero-order chi connectivity index (χ0) is 15.0. The van der Waals surface area contributed by atoms with Crippen LogP contribution in [0, 0.1) is 0 Å². The number of ether oxygens (including phenoxy) is 1. The second-order valence-corrected chi connectivity index (χ2v) is 5.84. The molecule has 3 heteroatoms. The van der Waals surface area contributed by atoms with Crippen LogP contribution < -0.4 is 10.5 Å². The maximum atomic E-state index is 12.0. The van der Waals surface area contributed by atoms with Gasteiger partial charge in [-0.15, -0.1) is 0 Å². The Morgan fingerprint density at radius 2 is 1.70 bits per heavy atom. The predicted octanol–water partition coefficient (Wildman–Crippen LogP) is 3.96. The summed E-state index contributed by atoms with van der Waals surface area (Å²) in [6, 6.07) is 7.24. The summed E-state index contributed by atoms with van der Waals surface area (Å²) in [7, 11) is 0. The molecule has 0 saturated carbocycles. The molecule has 0 aliphatic rings. The summed E-state index contributed by atoms with van der Waals surface area (Å²) in [5, 5.41) is 0. The van der Waals surface area contributed by atoms with Crippen LogP contribution in [0.5, 0.6) is 5.75 Å². The van der Waals surface area contributed by atoms with Crippen LogP contribution >= 0.6 is 0 Å². The highest BCUT2D eigenvalue weighted by molar-refractivity contribution is 6.02. The second kappa shape index (κ2) is 8.05. The summed E-state index contributed by atoms with van der Waals surface area (Å²) in [4.78, 5) is 12.0. The maximum absolute atomic E-state index is 12.0. The lowest BCUT2D eigenvalue weighted by atomic mass is 9.94. The van der Waals surface area contributed by atoms with Crippen molar-refractivity contribution in [3.8, 4) is 5.75 Å². The predicted molar refractivity (Wildman–Crippen MR) is 83.3 cm³/mol. The van der Waals surface area contributed by atoms with Crippen LogP contribution in [0.15, 0.2) is 24.3 Å². The molecule has 0 aliphatic carbocycles. The van der Waals surface area contributed by atoms with E-state index in [0.29, 0.717) is 5.56 Å². The van der Waals surface area contributed by atoms with Crippen molar-refractivity contribution in [1.29, 1.82) is 0 Å². The number of carbonyl (C=O) groups excluding carboxylic acids is 1. The number of hydrogen-bond donors (Lipinski definition) is 1. The molecule has 112 valence electrons. The molecule has 0 fully saturated rings. The number of rotatable bonds is 9. The van der Waals surface area contributed by atoms with Crippen LogP contribution in [-0.4, -0.2) is 17.9 Å². The van der Waals surface area contributed by atoms with E-state index in [4.69, 9.17) is 10.5 Å². The van der Waals surface area contributed by atoms with E-state index < -0.39 is 5.54 Å². The molecule has 20 heavy (non-hydrogen) atoms. The molecule has 0 atom stereocenters. The monoisotopic (exact) mass is 277 g/mol. The van der Waals surface area contributed by atoms with Gasteiger partial charge < -0.3 is 10.5 Å². The minimum atomic E-state index is -0.832. The maximum Gasteiger partial charge on any atom is 0.182 e. The Morgan fingerprint density at radius 1 is 1.10 bits per heavy atom. The minimum absolute atomic E-state index is 0.0522. The Labute approximate surface area is 122 Å². The number of unbranched alkanes of at least 4 members (excludes halogenated alkanes) is 4. The normalized spacial score (nSPS) is 11.4. The van der Waals surface area contributed by atoms with E-state index >= 15 is 0 Å². The van der Waals surface area contributed by atoms with Crippen molar-refractivity contribution < 1.29 is 9.53 Å². The third-order valence-corrected chi connectivity index (χ3v) is 3.22. The Morgan fingerprint density at radius 3 is 2.25 bits per heavy atom. The molecule has 0 spiro atoms. The summed E-state index contributed by atoms with van der Waals surface area (Å²) < 4.78 is 5.66. The largest absolute Gasteiger partial charge is 0.494 e. The van der Waals surface area contributed by atoms with Crippen LogP contribution in [-0.2, 0) is 0 Å². The first-order valence-electron chi connectivity index (χ1n) is 7.51. The molecule has 0 aromatic heterocycles. The molecule has 0 aliphatic heterocycles. The third kappa shape index (κ3) is 5.74. The average Bonchev–Trinajstić information content (AvgIpc) is 2.41. The number of hydrogen-bond acceptors (Lipinski definition) is 3. The molecule has 0 amide bonds. The zero-order valence-corrected chi connectivity index (χ0v) is 12.9. The lowest BCUT2D eigenvalue weighted by Gasteiger charge is -2.16. The Kier molecular flexibility index (Phi) is 6.73. The Bertz CT molecular complexity index is 404. The van der Waals surface area contributed by atoms with Crippen molar-refractivity contribution in [1.82, 2.24) is 0 Å². The highest BCUT2D eigenvalue weighted by Gasteiger charge is 2.23. The van der Waals surface area contributed by atoms with Gasteiger partial charge in [0.05, 0.1) is 12.1 Å². The third-order valence-electron chi connectivity index (χ3n) is 3.22. The fourth-order valence-electron chi connectivity index (χ4n) is 1.97. The second-order valence-electron chi connectivity index (χ2n) is 5.84. The first kappa shape index (κ1) is 16.7. The van der Waals surface area contributed by atoms with E-state index in [0.717, 1.165) is 18.8 Å². The molecule has 0 unspecified atom stereocenters. The fraction of sp³-hybridized carbons (Fsp3) is 0.588. The van der Waals surface area contributed by atoms with E-state index in [9.17, 15) is 4.79 Å².